The fraction of sp³-hybridized carbons (Fsp3) is 0.500. The Kier molecular flexibility index (Phi) is 5.01. The van der Waals surface area contributed by atoms with E-state index in [1.54, 1.807) is 0 Å². The van der Waals surface area contributed by atoms with Gasteiger partial charge in [0, 0.05) is 19.3 Å². The largest absolute Gasteiger partial charge is 0.469 e. The molecule has 0 bridgehead atoms. The van der Waals surface area contributed by atoms with Gasteiger partial charge in [-0.05, 0) is 17.5 Å². The van der Waals surface area contributed by atoms with E-state index in [9.17, 15) is 4.79 Å². The number of hydrogen-bond donors (Lipinski definition) is 0. The molecule has 0 aliphatic carbocycles. The van der Waals surface area contributed by atoms with Crippen molar-refractivity contribution in [2.45, 2.75) is 26.2 Å². The number of methoxy groups -OCH3 is 1. The fourth-order valence-corrected chi connectivity index (χ4v) is 1.80. The molecule has 0 spiro atoms. The third-order valence-corrected chi connectivity index (χ3v) is 2.85. The molecule has 3 nitrogen and oxygen atoms in total. The van der Waals surface area contributed by atoms with Gasteiger partial charge in [0.15, 0.2) is 0 Å². The van der Waals surface area contributed by atoms with Crippen LogP contribution in [0.2, 0.25) is 0 Å². The summed E-state index contributed by atoms with van der Waals surface area (Å²) < 4.78 is 4.65. The first-order valence-electron chi connectivity index (χ1n) is 5.93. The Morgan fingerprint density at radius 2 is 2.00 bits per heavy atom. The molecule has 0 saturated carbocycles. The number of hydrogen-bond acceptors (Lipinski definition) is 3. The zero-order valence-corrected chi connectivity index (χ0v) is 11.1. The van der Waals surface area contributed by atoms with Gasteiger partial charge in [0.1, 0.15) is 0 Å². The van der Waals surface area contributed by atoms with Gasteiger partial charge < -0.3 is 9.64 Å². The molecule has 0 aromatic heterocycles. The molecule has 0 fully saturated rings. The number of para-hydroxylation sites is 1. The van der Waals surface area contributed by atoms with Crippen molar-refractivity contribution in [2.24, 2.45) is 0 Å². The van der Waals surface area contributed by atoms with Crippen LogP contribution < -0.4 is 4.90 Å². The number of carbonyl (C=O) groups excluding carboxylic acids is 1. The molecular formula is C14H21NO2. The Morgan fingerprint density at radius 1 is 1.35 bits per heavy atom. The quantitative estimate of drug-likeness (QED) is 0.735. The number of benzene rings is 1. The van der Waals surface area contributed by atoms with E-state index in [0.717, 1.165) is 0 Å². The standard InChI is InChI=1S/C14H21NO2/c1-11(2)12-7-5-6-8-13(12)15(3)10-9-14(16)17-4/h5-8,11H,9-10H2,1-4H3. The van der Waals surface area contributed by atoms with Crippen molar-refractivity contribution in [3.05, 3.63) is 29.8 Å². The van der Waals surface area contributed by atoms with E-state index >= 15 is 0 Å². The molecule has 0 radical (unpaired) electrons. The zero-order chi connectivity index (χ0) is 12.8. The van der Waals surface area contributed by atoms with E-state index in [-0.39, 0.29) is 5.97 Å². The van der Waals surface area contributed by atoms with Gasteiger partial charge in [-0.2, -0.15) is 0 Å². The number of carbonyl (C=O) groups is 1. The van der Waals surface area contributed by atoms with Crippen LogP contribution in [0.1, 0.15) is 31.7 Å². The van der Waals surface area contributed by atoms with Crippen LogP contribution in [0.3, 0.4) is 0 Å². The summed E-state index contributed by atoms with van der Waals surface area (Å²) in [7, 11) is 3.43. The summed E-state index contributed by atoms with van der Waals surface area (Å²) in [5, 5.41) is 0. The predicted molar refractivity (Wildman–Crippen MR) is 70.4 cm³/mol. The van der Waals surface area contributed by atoms with E-state index in [1.807, 2.05) is 19.2 Å². The van der Waals surface area contributed by atoms with Crippen LogP contribution in [0.15, 0.2) is 24.3 Å². The highest BCUT2D eigenvalue weighted by Gasteiger charge is 2.11. The molecule has 94 valence electrons. The third kappa shape index (κ3) is 3.77. The Bertz CT molecular complexity index is 374. The van der Waals surface area contributed by atoms with Gasteiger partial charge >= 0.3 is 5.97 Å². The van der Waals surface area contributed by atoms with Crippen LogP contribution in [-0.4, -0.2) is 26.7 Å². The smallest absolute Gasteiger partial charge is 0.307 e. The first kappa shape index (κ1) is 13.6. The molecule has 0 aliphatic rings. The average molecular weight is 235 g/mol. The fourth-order valence-electron chi connectivity index (χ4n) is 1.80. The summed E-state index contributed by atoms with van der Waals surface area (Å²) >= 11 is 0. The van der Waals surface area contributed by atoms with Crippen molar-refractivity contribution >= 4 is 11.7 Å². The van der Waals surface area contributed by atoms with Crippen molar-refractivity contribution < 1.29 is 9.53 Å². The van der Waals surface area contributed by atoms with Gasteiger partial charge in [0.25, 0.3) is 0 Å². The molecule has 0 atom stereocenters. The number of rotatable bonds is 5. The van der Waals surface area contributed by atoms with Gasteiger partial charge in [0.05, 0.1) is 13.5 Å². The van der Waals surface area contributed by atoms with Crippen LogP contribution in [0.25, 0.3) is 0 Å². The Balaban J connectivity index is 2.74. The second-order valence-electron chi connectivity index (χ2n) is 4.46. The monoisotopic (exact) mass is 235 g/mol. The maximum atomic E-state index is 11.1. The molecule has 17 heavy (non-hydrogen) atoms. The van der Waals surface area contributed by atoms with Crippen LogP contribution in [0.4, 0.5) is 5.69 Å². The maximum Gasteiger partial charge on any atom is 0.307 e. The summed E-state index contributed by atoms with van der Waals surface area (Å²) in [5.74, 6) is 0.311. The molecule has 3 heteroatoms. The molecule has 0 unspecified atom stereocenters. The molecule has 1 rings (SSSR count). The number of esters is 1. The van der Waals surface area contributed by atoms with Crippen molar-refractivity contribution in [1.29, 1.82) is 0 Å². The zero-order valence-electron chi connectivity index (χ0n) is 11.1. The lowest BCUT2D eigenvalue weighted by Crippen LogP contribution is -2.22. The minimum Gasteiger partial charge on any atom is -0.469 e. The summed E-state index contributed by atoms with van der Waals surface area (Å²) in [6.45, 7) is 5.02. The van der Waals surface area contributed by atoms with E-state index < -0.39 is 0 Å². The SMILES string of the molecule is COC(=O)CCN(C)c1ccccc1C(C)C. The number of anilines is 1. The normalized spacial score (nSPS) is 10.4. The van der Waals surface area contributed by atoms with Gasteiger partial charge in [-0.25, -0.2) is 0 Å². The lowest BCUT2D eigenvalue weighted by molar-refractivity contribution is -0.140. The Hall–Kier alpha value is -1.51. The van der Waals surface area contributed by atoms with Gasteiger partial charge in [0.2, 0.25) is 0 Å². The van der Waals surface area contributed by atoms with Crippen molar-refractivity contribution in [3.8, 4) is 0 Å². The van der Waals surface area contributed by atoms with E-state index in [2.05, 4.69) is 35.6 Å². The molecule has 1 aromatic rings. The highest BCUT2D eigenvalue weighted by Crippen LogP contribution is 2.26. The first-order chi connectivity index (χ1) is 8.06. The molecule has 0 saturated heterocycles. The van der Waals surface area contributed by atoms with E-state index in [4.69, 9.17) is 0 Å². The van der Waals surface area contributed by atoms with E-state index in [0.29, 0.717) is 18.9 Å². The van der Waals surface area contributed by atoms with Crippen molar-refractivity contribution in [2.75, 3.05) is 25.6 Å². The molecule has 1 aromatic carbocycles. The average Bonchev–Trinajstić information content (AvgIpc) is 2.35. The summed E-state index contributed by atoms with van der Waals surface area (Å²) in [6, 6.07) is 8.30. The lowest BCUT2D eigenvalue weighted by Gasteiger charge is -2.23. The minimum absolute atomic E-state index is 0.168. The highest BCUT2D eigenvalue weighted by molar-refractivity contribution is 5.70. The molecule has 0 heterocycles. The van der Waals surface area contributed by atoms with Gasteiger partial charge in [-0.1, -0.05) is 32.0 Å². The first-order valence-corrected chi connectivity index (χ1v) is 5.93. The second-order valence-corrected chi connectivity index (χ2v) is 4.46. The van der Waals surface area contributed by atoms with E-state index in [1.165, 1.54) is 18.4 Å². The predicted octanol–water partition coefficient (Wildman–Crippen LogP) is 2.81. The minimum atomic E-state index is -0.168. The Labute approximate surface area is 103 Å². The summed E-state index contributed by atoms with van der Waals surface area (Å²) in [5.41, 5.74) is 2.49. The van der Waals surface area contributed by atoms with Crippen LogP contribution in [0.5, 0.6) is 0 Å². The van der Waals surface area contributed by atoms with Crippen LogP contribution >= 0.6 is 0 Å². The molecule has 0 amide bonds. The van der Waals surface area contributed by atoms with Crippen LogP contribution in [0, 0.1) is 0 Å². The van der Waals surface area contributed by atoms with Crippen molar-refractivity contribution in [1.82, 2.24) is 0 Å². The maximum absolute atomic E-state index is 11.1. The van der Waals surface area contributed by atoms with Gasteiger partial charge in [-0.15, -0.1) is 0 Å². The summed E-state index contributed by atoms with van der Waals surface area (Å²) in [4.78, 5) is 13.2. The highest BCUT2D eigenvalue weighted by atomic mass is 16.5. The molecular weight excluding hydrogens is 214 g/mol. The lowest BCUT2D eigenvalue weighted by atomic mass is 10.0. The van der Waals surface area contributed by atoms with Crippen molar-refractivity contribution in [3.63, 3.8) is 0 Å². The van der Waals surface area contributed by atoms with Crippen LogP contribution in [-0.2, 0) is 9.53 Å². The second kappa shape index (κ2) is 6.28. The third-order valence-electron chi connectivity index (χ3n) is 2.85. The molecule has 0 N–H and O–H groups in total. The topological polar surface area (TPSA) is 29.5 Å². The number of nitrogens with zero attached hydrogens (tertiary/aromatic N) is 1. The number of ether oxygens (including phenoxy) is 1. The Morgan fingerprint density at radius 3 is 2.59 bits per heavy atom. The van der Waals surface area contributed by atoms with Gasteiger partial charge in [-0.3, -0.25) is 4.79 Å². The molecule has 0 aliphatic heterocycles. The summed E-state index contributed by atoms with van der Waals surface area (Å²) in [6.07, 6.45) is 0.416.